The highest BCUT2D eigenvalue weighted by molar-refractivity contribution is 6.31. The first-order valence-corrected chi connectivity index (χ1v) is 11.8. The molecule has 0 aromatic heterocycles. The number of benzene rings is 1. The van der Waals surface area contributed by atoms with Crippen molar-refractivity contribution < 1.29 is 18.8 Å². The summed E-state index contributed by atoms with van der Waals surface area (Å²) in [7, 11) is 1.65. The van der Waals surface area contributed by atoms with Crippen LogP contribution in [-0.4, -0.2) is 71.3 Å². The van der Waals surface area contributed by atoms with E-state index in [2.05, 4.69) is 10.2 Å². The van der Waals surface area contributed by atoms with E-state index >= 15 is 0 Å². The van der Waals surface area contributed by atoms with Crippen molar-refractivity contribution in [1.82, 2.24) is 20.0 Å². The number of likely N-dealkylation sites (N-methyl/N-ethyl adjacent to an activating group) is 1. The van der Waals surface area contributed by atoms with Gasteiger partial charge in [-0.3, -0.25) is 19.4 Å². The second kappa shape index (κ2) is 9.35. The quantitative estimate of drug-likeness (QED) is 0.655. The van der Waals surface area contributed by atoms with Crippen LogP contribution in [0.25, 0.3) is 0 Å². The molecule has 1 aromatic rings. The summed E-state index contributed by atoms with van der Waals surface area (Å²) in [6.07, 6.45) is 6.11. The Bertz CT molecular complexity index is 879. The molecule has 1 saturated carbocycles. The maximum absolute atomic E-state index is 14.6. The zero-order valence-corrected chi connectivity index (χ0v) is 19.2. The molecule has 1 unspecified atom stereocenters. The van der Waals surface area contributed by atoms with Gasteiger partial charge in [0.2, 0.25) is 5.91 Å². The normalized spacial score (nSPS) is 22.1. The maximum Gasteiger partial charge on any atom is 0.327 e. The lowest BCUT2D eigenvalue weighted by Gasteiger charge is -2.35. The van der Waals surface area contributed by atoms with Crippen LogP contribution in [0, 0.1) is 5.82 Å². The van der Waals surface area contributed by atoms with Crippen molar-refractivity contribution in [2.45, 2.75) is 56.5 Å². The molecule has 1 atom stereocenters. The number of carbonyl (C=O) groups excluding carboxylic acids is 3. The molecule has 0 radical (unpaired) electrons. The zero-order chi connectivity index (χ0) is 22.9. The predicted molar refractivity (Wildman–Crippen MR) is 119 cm³/mol. The first kappa shape index (κ1) is 23.0. The van der Waals surface area contributed by atoms with Gasteiger partial charge in [-0.2, -0.15) is 0 Å². The lowest BCUT2D eigenvalue weighted by atomic mass is 9.81. The van der Waals surface area contributed by atoms with E-state index in [0.717, 1.165) is 50.1 Å². The average molecular weight is 465 g/mol. The summed E-state index contributed by atoms with van der Waals surface area (Å²) in [5.41, 5.74) is -0.445. The van der Waals surface area contributed by atoms with Gasteiger partial charge < -0.3 is 10.2 Å². The van der Waals surface area contributed by atoms with Crippen molar-refractivity contribution >= 4 is 29.4 Å². The maximum atomic E-state index is 14.6. The molecule has 1 aromatic carbocycles. The van der Waals surface area contributed by atoms with E-state index in [9.17, 15) is 18.8 Å². The second-order valence-electron chi connectivity index (χ2n) is 9.02. The molecule has 2 heterocycles. The summed E-state index contributed by atoms with van der Waals surface area (Å²) < 4.78 is 14.6. The Kier molecular flexibility index (Phi) is 6.72. The van der Waals surface area contributed by atoms with Crippen molar-refractivity contribution in [3.8, 4) is 0 Å². The third kappa shape index (κ3) is 4.10. The van der Waals surface area contributed by atoms with Crippen LogP contribution in [-0.2, 0) is 9.59 Å². The summed E-state index contributed by atoms with van der Waals surface area (Å²) in [5.74, 6) is -1.13. The third-order valence-electron chi connectivity index (χ3n) is 7.19. The number of hydrogen-bond acceptors (Lipinski definition) is 4. The van der Waals surface area contributed by atoms with Gasteiger partial charge in [-0.05, 0) is 50.9 Å². The predicted octanol–water partition coefficient (Wildman–Crippen LogP) is 3.33. The van der Waals surface area contributed by atoms with Gasteiger partial charge >= 0.3 is 6.03 Å². The highest BCUT2D eigenvalue weighted by Crippen LogP contribution is 2.39. The number of carbonyl (C=O) groups is 3. The highest BCUT2D eigenvalue weighted by Gasteiger charge is 2.55. The molecule has 3 aliphatic rings. The molecule has 4 rings (SSSR count). The Hall–Kier alpha value is -2.19. The molecule has 7 nitrogen and oxygen atoms in total. The van der Waals surface area contributed by atoms with Crippen LogP contribution < -0.4 is 5.32 Å². The fourth-order valence-electron chi connectivity index (χ4n) is 5.38. The Morgan fingerprint density at radius 2 is 1.84 bits per heavy atom. The van der Waals surface area contributed by atoms with E-state index in [1.807, 2.05) is 0 Å². The summed E-state index contributed by atoms with van der Waals surface area (Å²) in [6.45, 7) is 1.40. The van der Waals surface area contributed by atoms with Gasteiger partial charge in [0, 0.05) is 24.2 Å². The summed E-state index contributed by atoms with van der Waals surface area (Å²) >= 11 is 6.31. The molecule has 4 amide bonds. The molecular weight excluding hydrogens is 435 g/mol. The van der Waals surface area contributed by atoms with Crippen LogP contribution in [0.5, 0.6) is 0 Å². The Balaban J connectivity index is 1.45. The van der Waals surface area contributed by atoms with Gasteiger partial charge in [-0.25, -0.2) is 9.18 Å². The molecule has 9 heteroatoms. The number of nitrogens with zero attached hydrogens (tertiary/aromatic N) is 3. The van der Waals surface area contributed by atoms with Crippen LogP contribution in [0.3, 0.4) is 0 Å². The minimum Gasteiger partial charge on any atom is -0.353 e. The van der Waals surface area contributed by atoms with Gasteiger partial charge in [0.25, 0.3) is 5.91 Å². The molecule has 3 fully saturated rings. The summed E-state index contributed by atoms with van der Waals surface area (Å²) in [5, 5.41) is 3.14. The van der Waals surface area contributed by atoms with Crippen LogP contribution in [0.4, 0.5) is 9.18 Å². The molecule has 0 bridgehead atoms. The standard InChI is InChI=1S/C23H30ClFN4O3/c1-27-22(32)29(21(31)23(27)10-3-2-4-11-23)15-19(30)26-14-18(28-12-5-6-13-28)20-16(24)8-7-9-17(20)25/h7-9,18H,2-6,10-15H2,1H3,(H,26,30). The first-order valence-electron chi connectivity index (χ1n) is 11.4. The number of likely N-dealkylation sites (tertiary alicyclic amines) is 1. The number of urea groups is 1. The average Bonchev–Trinajstić information content (AvgIpc) is 3.37. The second-order valence-corrected chi connectivity index (χ2v) is 9.43. The van der Waals surface area contributed by atoms with Gasteiger partial charge in [0.15, 0.2) is 0 Å². The van der Waals surface area contributed by atoms with E-state index in [4.69, 9.17) is 11.6 Å². The van der Waals surface area contributed by atoms with Crippen molar-refractivity contribution in [3.63, 3.8) is 0 Å². The Morgan fingerprint density at radius 3 is 2.50 bits per heavy atom. The summed E-state index contributed by atoms with van der Waals surface area (Å²) in [4.78, 5) is 43.3. The first-order chi connectivity index (χ1) is 15.3. The molecule has 1 N–H and O–H groups in total. The molecule has 2 saturated heterocycles. The van der Waals surface area contributed by atoms with Crippen molar-refractivity contribution in [3.05, 3.63) is 34.6 Å². The van der Waals surface area contributed by atoms with Crippen molar-refractivity contribution in [1.29, 1.82) is 0 Å². The fraction of sp³-hybridized carbons (Fsp3) is 0.609. The number of nitrogens with one attached hydrogen (secondary N) is 1. The number of rotatable bonds is 6. The minimum absolute atomic E-state index is 0.149. The van der Waals surface area contributed by atoms with E-state index < -0.39 is 29.3 Å². The number of halogens is 2. The summed E-state index contributed by atoms with van der Waals surface area (Å²) in [6, 6.07) is 3.73. The highest BCUT2D eigenvalue weighted by atomic mass is 35.5. The van der Waals surface area contributed by atoms with E-state index in [1.165, 1.54) is 11.0 Å². The minimum atomic E-state index is -0.811. The molecular formula is C23H30ClFN4O3. The van der Waals surface area contributed by atoms with Gasteiger partial charge in [-0.15, -0.1) is 0 Å². The van der Waals surface area contributed by atoms with Gasteiger partial charge in [-0.1, -0.05) is 36.9 Å². The Morgan fingerprint density at radius 1 is 1.16 bits per heavy atom. The van der Waals surface area contributed by atoms with Crippen molar-refractivity contribution in [2.24, 2.45) is 0 Å². The lowest BCUT2D eigenvalue weighted by molar-refractivity contribution is -0.137. The van der Waals surface area contributed by atoms with Crippen LogP contribution in [0.1, 0.15) is 56.6 Å². The van der Waals surface area contributed by atoms with Gasteiger partial charge in [0.1, 0.15) is 17.9 Å². The molecule has 2 aliphatic heterocycles. The lowest BCUT2D eigenvalue weighted by Crippen LogP contribution is -2.49. The number of imide groups is 1. The van der Waals surface area contributed by atoms with Gasteiger partial charge in [0.05, 0.1) is 6.04 Å². The van der Waals surface area contributed by atoms with E-state index in [-0.39, 0.29) is 19.0 Å². The SMILES string of the molecule is CN1C(=O)N(CC(=O)NCC(c2c(F)cccc2Cl)N2CCCC2)C(=O)C12CCCCC2. The number of hydrogen-bond donors (Lipinski definition) is 1. The Labute approximate surface area is 192 Å². The van der Waals surface area contributed by atoms with E-state index in [1.54, 1.807) is 19.2 Å². The zero-order valence-electron chi connectivity index (χ0n) is 18.4. The largest absolute Gasteiger partial charge is 0.353 e. The molecule has 1 aliphatic carbocycles. The molecule has 32 heavy (non-hydrogen) atoms. The topological polar surface area (TPSA) is 73.0 Å². The molecule has 174 valence electrons. The van der Waals surface area contributed by atoms with Crippen molar-refractivity contribution in [2.75, 3.05) is 33.2 Å². The third-order valence-corrected chi connectivity index (χ3v) is 7.52. The van der Waals surface area contributed by atoms with Crippen LogP contribution in [0.2, 0.25) is 5.02 Å². The van der Waals surface area contributed by atoms with Crippen LogP contribution in [0.15, 0.2) is 18.2 Å². The van der Waals surface area contributed by atoms with E-state index in [0.29, 0.717) is 23.4 Å². The fourth-order valence-corrected chi connectivity index (χ4v) is 5.67. The smallest absolute Gasteiger partial charge is 0.327 e. The van der Waals surface area contributed by atoms with Crippen LogP contribution >= 0.6 is 11.6 Å². The monoisotopic (exact) mass is 464 g/mol. The number of amides is 4. The molecule has 1 spiro atoms.